The minimum atomic E-state index is -0.116. The molecule has 1 aliphatic carbocycles. The first-order chi connectivity index (χ1) is 19.8. The number of rotatable bonds is 0. The second kappa shape index (κ2) is 25.0. The molecule has 0 saturated heterocycles. The molecule has 0 aromatic heterocycles. The van der Waals surface area contributed by atoms with Crippen molar-refractivity contribution in [3.8, 4) is 0 Å². The number of hydrogen-bond acceptors (Lipinski definition) is 0. The van der Waals surface area contributed by atoms with Gasteiger partial charge in [0.1, 0.15) is 11.6 Å². The van der Waals surface area contributed by atoms with Gasteiger partial charge < -0.3 is 0 Å². The summed E-state index contributed by atoms with van der Waals surface area (Å²) in [7, 11) is 0. The van der Waals surface area contributed by atoms with Gasteiger partial charge in [0.25, 0.3) is 0 Å². The molecule has 1 aliphatic rings. The Kier molecular flexibility index (Phi) is 25.6. The Morgan fingerprint density at radius 2 is 0.600 bits per heavy atom. The molecule has 0 bridgehead atoms. The summed E-state index contributed by atoms with van der Waals surface area (Å²) >= 11 is 0. The van der Waals surface area contributed by atoms with Gasteiger partial charge >= 0.3 is 0 Å². The lowest BCUT2D eigenvalue weighted by molar-refractivity contribution is 0.308. The van der Waals surface area contributed by atoms with E-state index in [0.29, 0.717) is 11.1 Å². The lowest BCUT2D eigenvalue weighted by Gasteiger charge is -2.22. The molecule has 4 aromatic rings. The monoisotopic (exact) mass is 623 g/mol. The van der Waals surface area contributed by atoms with Crippen molar-refractivity contribution in [2.45, 2.75) is 117 Å². The number of aryl methyl sites for hydroxylation is 8. The Labute approximate surface area is 279 Å². The highest BCUT2D eigenvalue weighted by Crippen LogP contribution is 2.27. The summed E-state index contributed by atoms with van der Waals surface area (Å²) in [6.45, 7) is 20.4. The van der Waals surface area contributed by atoms with Gasteiger partial charge in [0.2, 0.25) is 0 Å². The van der Waals surface area contributed by atoms with Crippen LogP contribution in [0.4, 0.5) is 8.78 Å². The molecule has 0 radical (unpaired) electrons. The average molecular weight is 623 g/mol. The summed E-state index contributed by atoms with van der Waals surface area (Å²) in [5, 5.41) is 0. The second-order valence-electron chi connectivity index (χ2n) is 12.2. The molecular formula is C43H68F2. The van der Waals surface area contributed by atoms with E-state index in [-0.39, 0.29) is 35.3 Å². The first-order valence-electron chi connectivity index (χ1n) is 15.3. The Bertz CT molecular complexity index is 1140. The predicted molar refractivity (Wildman–Crippen MR) is 203 cm³/mol. The van der Waals surface area contributed by atoms with Gasteiger partial charge in [-0.3, -0.25) is 0 Å². The standard InChI is InChI=1S/2C8H9F.C8H16.2C8H10.3CH4.H2/c2*1-6-3-4-7(2)8(9)5-6;3*1-7-3-5-8(2)6-4-7;;;;/h2*3-5H,1-2H3;7-8H,3-6H2,1-2H3;2*3-6H,1-2H3;3*1H4;1H. The fourth-order valence-electron chi connectivity index (χ4n) is 4.10. The molecule has 0 nitrogen and oxygen atoms in total. The Hall–Kier alpha value is -3.26. The maximum Gasteiger partial charge on any atom is 0.126 e. The third-order valence-electron chi connectivity index (χ3n) is 7.40. The molecule has 0 heterocycles. The summed E-state index contributed by atoms with van der Waals surface area (Å²) in [5.41, 5.74) is 8.68. The van der Waals surface area contributed by atoms with E-state index in [2.05, 4.69) is 90.1 Å². The van der Waals surface area contributed by atoms with Crippen LogP contribution in [0.1, 0.15) is 108 Å². The molecule has 1 saturated carbocycles. The normalized spacial score (nSPS) is 14.2. The average Bonchev–Trinajstić information content (AvgIpc) is 2.95. The van der Waals surface area contributed by atoms with Crippen molar-refractivity contribution in [3.05, 3.63) is 141 Å². The minimum Gasteiger partial charge on any atom is -0.207 e. The van der Waals surface area contributed by atoms with Crippen LogP contribution in [0.2, 0.25) is 0 Å². The summed E-state index contributed by atoms with van der Waals surface area (Å²) in [4.78, 5) is 0. The quantitative estimate of drug-likeness (QED) is 0.183. The smallest absolute Gasteiger partial charge is 0.126 e. The topological polar surface area (TPSA) is 0 Å². The van der Waals surface area contributed by atoms with Gasteiger partial charge in [0.15, 0.2) is 0 Å². The highest BCUT2D eigenvalue weighted by molar-refractivity contribution is 5.23. The maximum absolute atomic E-state index is 12.6. The largest absolute Gasteiger partial charge is 0.207 e. The first kappa shape index (κ1) is 46.2. The molecule has 0 spiro atoms. The van der Waals surface area contributed by atoms with Gasteiger partial charge in [-0.1, -0.05) is 157 Å². The third-order valence-corrected chi connectivity index (χ3v) is 7.40. The van der Waals surface area contributed by atoms with Crippen molar-refractivity contribution in [2.75, 3.05) is 0 Å². The van der Waals surface area contributed by atoms with Crippen LogP contribution < -0.4 is 0 Å². The third kappa shape index (κ3) is 22.0. The number of hydrogen-bond donors (Lipinski definition) is 0. The van der Waals surface area contributed by atoms with Crippen LogP contribution in [0.3, 0.4) is 0 Å². The molecule has 4 aromatic carbocycles. The maximum atomic E-state index is 12.6. The van der Waals surface area contributed by atoms with Crippen LogP contribution in [-0.2, 0) is 0 Å². The van der Waals surface area contributed by atoms with Crippen molar-refractivity contribution in [1.29, 1.82) is 0 Å². The highest BCUT2D eigenvalue weighted by Gasteiger charge is 2.13. The lowest BCUT2D eigenvalue weighted by Crippen LogP contribution is -2.08. The molecule has 0 unspecified atom stereocenters. The molecule has 0 N–H and O–H groups in total. The number of benzene rings is 4. The second-order valence-corrected chi connectivity index (χ2v) is 12.2. The SMILES string of the molecule is C.C.C.CC1CCC(C)CC1.Cc1ccc(C)c(F)c1.Cc1ccc(C)c(F)c1.Cc1ccc(C)cc1.Cc1ccc(C)cc1.[HH]. The summed E-state index contributed by atoms with van der Waals surface area (Å²) in [6.07, 6.45) is 5.89. The molecule has 2 heteroatoms. The van der Waals surface area contributed by atoms with Gasteiger partial charge in [-0.25, -0.2) is 8.78 Å². The van der Waals surface area contributed by atoms with Crippen LogP contribution in [-0.4, -0.2) is 0 Å². The zero-order valence-electron chi connectivity index (χ0n) is 27.8. The molecule has 45 heavy (non-hydrogen) atoms. The van der Waals surface area contributed by atoms with E-state index in [0.717, 1.165) is 23.0 Å². The molecule has 254 valence electrons. The van der Waals surface area contributed by atoms with E-state index in [1.54, 1.807) is 26.0 Å². The van der Waals surface area contributed by atoms with Gasteiger partial charge in [-0.2, -0.15) is 0 Å². The molecule has 0 aliphatic heterocycles. The van der Waals surface area contributed by atoms with E-state index in [9.17, 15) is 8.78 Å². The van der Waals surface area contributed by atoms with E-state index < -0.39 is 0 Å². The Balaban J connectivity index is -0.000000235. The van der Waals surface area contributed by atoms with Crippen molar-refractivity contribution in [3.63, 3.8) is 0 Å². The van der Waals surface area contributed by atoms with E-state index in [1.807, 2.05) is 26.0 Å². The van der Waals surface area contributed by atoms with Crippen LogP contribution in [0.15, 0.2) is 84.9 Å². The van der Waals surface area contributed by atoms with E-state index in [4.69, 9.17) is 0 Å². The van der Waals surface area contributed by atoms with Crippen molar-refractivity contribution in [1.82, 2.24) is 0 Å². The molecule has 1 fully saturated rings. The molecule has 0 amide bonds. The van der Waals surface area contributed by atoms with Crippen LogP contribution in [0.25, 0.3) is 0 Å². The summed E-state index contributed by atoms with van der Waals surface area (Å²) < 4.78 is 25.2. The fourth-order valence-corrected chi connectivity index (χ4v) is 4.10. The molecular weight excluding hydrogens is 554 g/mol. The Morgan fingerprint density at radius 1 is 0.400 bits per heavy atom. The first-order valence-corrected chi connectivity index (χ1v) is 15.3. The Morgan fingerprint density at radius 3 is 0.778 bits per heavy atom. The lowest BCUT2D eigenvalue weighted by atomic mass is 9.84. The fraction of sp³-hybridized carbons (Fsp3) is 0.442. The zero-order chi connectivity index (χ0) is 31.7. The van der Waals surface area contributed by atoms with Crippen LogP contribution >= 0.6 is 0 Å². The van der Waals surface area contributed by atoms with Crippen molar-refractivity contribution in [2.24, 2.45) is 11.8 Å². The molecule has 5 rings (SSSR count). The predicted octanol–water partition coefficient (Wildman–Crippen LogP) is 14.5. The van der Waals surface area contributed by atoms with Crippen molar-refractivity contribution >= 4 is 0 Å². The van der Waals surface area contributed by atoms with Gasteiger partial charge in [-0.05, 0) is 102 Å². The summed E-state index contributed by atoms with van der Waals surface area (Å²) in [6, 6.07) is 27.4. The molecule has 0 atom stereocenters. The van der Waals surface area contributed by atoms with Gasteiger partial charge in [-0.15, -0.1) is 0 Å². The van der Waals surface area contributed by atoms with Crippen molar-refractivity contribution < 1.29 is 10.2 Å². The minimum absolute atomic E-state index is 0. The van der Waals surface area contributed by atoms with E-state index >= 15 is 0 Å². The van der Waals surface area contributed by atoms with Gasteiger partial charge in [0.05, 0.1) is 0 Å². The van der Waals surface area contributed by atoms with E-state index in [1.165, 1.54) is 60.1 Å². The highest BCUT2D eigenvalue weighted by atomic mass is 19.1. The van der Waals surface area contributed by atoms with Gasteiger partial charge in [0, 0.05) is 1.43 Å². The summed E-state index contributed by atoms with van der Waals surface area (Å²) in [5.74, 6) is 1.81. The zero-order valence-corrected chi connectivity index (χ0v) is 27.8. The van der Waals surface area contributed by atoms with Crippen LogP contribution in [0, 0.1) is 78.9 Å². The van der Waals surface area contributed by atoms with Crippen LogP contribution in [0.5, 0.6) is 0 Å². The number of halogens is 2.